The number of aromatic nitrogens is 4. The number of carbonyl (C=O) groups excluding carboxylic acids is 1. The maximum atomic E-state index is 12.0. The van der Waals surface area contributed by atoms with Gasteiger partial charge < -0.3 is 14.2 Å². The number of benzene rings is 2. The molecule has 0 fully saturated rings. The monoisotopic (exact) mass is 423 g/mol. The van der Waals surface area contributed by atoms with E-state index in [4.69, 9.17) is 20.1 Å². The number of nitrogens with one attached hydrogen (secondary N) is 1. The van der Waals surface area contributed by atoms with Crippen LogP contribution in [-0.2, 0) is 6.42 Å². The summed E-state index contributed by atoms with van der Waals surface area (Å²) in [6, 6.07) is 8.64. The number of nitrogens with zero attached hydrogens (tertiary/aromatic N) is 5. The lowest BCUT2D eigenvalue weighted by molar-refractivity contribution is 0.0953. The first-order chi connectivity index (χ1) is 15.1. The van der Waals surface area contributed by atoms with Crippen molar-refractivity contribution < 1.29 is 19.0 Å². The van der Waals surface area contributed by atoms with Crippen LogP contribution >= 0.6 is 0 Å². The van der Waals surface area contributed by atoms with E-state index in [1.807, 2.05) is 19.2 Å². The van der Waals surface area contributed by atoms with Crippen LogP contribution in [0.25, 0.3) is 5.69 Å². The number of ether oxygens (including phenoxy) is 3. The van der Waals surface area contributed by atoms with Crippen molar-refractivity contribution in [3.05, 3.63) is 52.8 Å². The van der Waals surface area contributed by atoms with Crippen molar-refractivity contribution in [2.45, 2.75) is 12.5 Å². The third kappa shape index (κ3) is 3.05. The highest BCUT2D eigenvalue weighted by atomic mass is 16.7. The maximum Gasteiger partial charge on any atom is 0.265 e. The van der Waals surface area contributed by atoms with Crippen molar-refractivity contribution >= 4 is 5.91 Å². The van der Waals surface area contributed by atoms with Crippen molar-refractivity contribution in [1.82, 2.24) is 30.5 Å². The van der Waals surface area contributed by atoms with Crippen LogP contribution in [0.2, 0.25) is 0 Å². The van der Waals surface area contributed by atoms with Gasteiger partial charge in [0, 0.05) is 17.7 Å². The number of carbonyl (C=O) groups is 1. The summed E-state index contributed by atoms with van der Waals surface area (Å²) >= 11 is 0. The maximum absolute atomic E-state index is 12.0. The summed E-state index contributed by atoms with van der Waals surface area (Å²) in [7, 11) is 3.62. The minimum Gasteiger partial charge on any atom is -0.492 e. The van der Waals surface area contributed by atoms with Gasteiger partial charge in [-0.05, 0) is 53.7 Å². The Kier molecular flexibility index (Phi) is 4.68. The minimum absolute atomic E-state index is 0.156. The van der Waals surface area contributed by atoms with Gasteiger partial charge in [0.2, 0.25) is 12.5 Å². The number of rotatable bonds is 4. The fourth-order valence-electron chi connectivity index (χ4n) is 4.17. The van der Waals surface area contributed by atoms with Crippen LogP contribution < -0.4 is 25.5 Å². The van der Waals surface area contributed by atoms with E-state index in [1.165, 1.54) is 0 Å². The summed E-state index contributed by atoms with van der Waals surface area (Å²) in [5, 5.41) is 12.4. The lowest BCUT2D eigenvalue weighted by Crippen LogP contribution is -2.35. The molecule has 2 aromatic carbocycles. The molecule has 0 radical (unpaired) electrons. The molecule has 0 bridgehead atoms. The lowest BCUT2D eigenvalue weighted by Gasteiger charge is -2.34. The van der Waals surface area contributed by atoms with Crippen LogP contribution in [0.5, 0.6) is 17.2 Å². The number of nitrogen functional groups attached to an aromatic ring is 1. The molecule has 1 amide bonds. The Hall–Kier alpha value is -3.70. The highest BCUT2D eigenvalue weighted by molar-refractivity contribution is 5.94. The number of fused-ring (bicyclic) bond motifs is 2. The van der Waals surface area contributed by atoms with E-state index < -0.39 is 5.91 Å². The van der Waals surface area contributed by atoms with Crippen LogP contribution in [0.4, 0.5) is 0 Å². The second kappa shape index (κ2) is 7.52. The Bertz CT molecular complexity index is 1160. The first-order valence-corrected chi connectivity index (χ1v) is 9.71. The van der Waals surface area contributed by atoms with Crippen LogP contribution in [-0.4, -0.2) is 58.5 Å². The molecule has 0 saturated heterocycles. The van der Waals surface area contributed by atoms with Gasteiger partial charge >= 0.3 is 0 Å². The molecule has 2 aliphatic heterocycles. The van der Waals surface area contributed by atoms with E-state index in [0.29, 0.717) is 34.3 Å². The lowest BCUT2D eigenvalue weighted by atomic mass is 9.90. The van der Waals surface area contributed by atoms with E-state index >= 15 is 0 Å². The number of nitrogens with two attached hydrogens (primary N) is 1. The normalized spacial score (nSPS) is 17.3. The van der Waals surface area contributed by atoms with E-state index in [1.54, 1.807) is 30.0 Å². The molecule has 1 unspecified atom stereocenters. The number of likely N-dealkylation sites (N-methyl/N-ethyl adjacent to an activating group) is 1. The van der Waals surface area contributed by atoms with Gasteiger partial charge in [-0.15, -0.1) is 5.10 Å². The summed E-state index contributed by atoms with van der Waals surface area (Å²) in [6.45, 7) is 0.950. The van der Waals surface area contributed by atoms with Gasteiger partial charge in [-0.3, -0.25) is 15.1 Å². The average molecular weight is 423 g/mol. The molecule has 3 heterocycles. The Balaban J connectivity index is 1.66. The summed E-state index contributed by atoms with van der Waals surface area (Å²) in [4.78, 5) is 14.1. The molecule has 11 nitrogen and oxygen atoms in total. The van der Waals surface area contributed by atoms with E-state index in [9.17, 15) is 4.79 Å². The number of methoxy groups -OCH3 is 1. The van der Waals surface area contributed by atoms with Gasteiger partial charge in [0.15, 0.2) is 17.3 Å². The van der Waals surface area contributed by atoms with Crippen molar-refractivity contribution in [2.75, 3.05) is 27.5 Å². The van der Waals surface area contributed by atoms with Crippen molar-refractivity contribution in [3.8, 4) is 22.9 Å². The van der Waals surface area contributed by atoms with Crippen LogP contribution in [0.3, 0.4) is 0 Å². The van der Waals surface area contributed by atoms with Gasteiger partial charge in [-0.25, -0.2) is 5.84 Å². The fourth-order valence-corrected chi connectivity index (χ4v) is 4.17. The molecule has 0 spiro atoms. The first-order valence-electron chi connectivity index (χ1n) is 9.71. The van der Waals surface area contributed by atoms with Gasteiger partial charge in [0.25, 0.3) is 5.91 Å². The molecular weight excluding hydrogens is 402 g/mol. The Morgan fingerprint density at radius 2 is 2.19 bits per heavy atom. The number of hydrazine groups is 1. The van der Waals surface area contributed by atoms with Crippen LogP contribution in [0.1, 0.15) is 33.4 Å². The van der Waals surface area contributed by atoms with Crippen molar-refractivity contribution in [1.29, 1.82) is 0 Å². The zero-order chi connectivity index (χ0) is 21.5. The molecule has 1 atom stereocenters. The molecule has 2 aliphatic rings. The van der Waals surface area contributed by atoms with E-state index in [2.05, 4.69) is 25.9 Å². The molecule has 11 heteroatoms. The highest BCUT2D eigenvalue weighted by Crippen LogP contribution is 2.50. The van der Waals surface area contributed by atoms with E-state index in [-0.39, 0.29) is 12.8 Å². The van der Waals surface area contributed by atoms with Crippen LogP contribution in [0, 0.1) is 0 Å². The Morgan fingerprint density at radius 1 is 1.32 bits per heavy atom. The van der Waals surface area contributed by atoms with Crippen molar-refractivity contribution in [3.63, 3.8) is 0 Å². The second-order valence-corrected chi connectivity index (χ2v) is 7.32. The Labute approximate surface area is 177 Å². The van der Waals surface area contributed by atoms with Gasteiger partial charge in [0.1, 0.15) is 6.04 Å². The predicted octanol–water partition coefficient (Wildman–Crippen LogP) is 0.580. The van der Waals surface area contributed by atoms with Gasteiger partial charge in [-0.1, -0.05) is 6.07 Å². The molecule has 3 aromatic rings. The fraction of sp³-hybridized carbons (Fsp3) is 0.300. The Morgan fingerprint density at radius 3 is 3.00 bits per heavy atom. The molecule has 0 aliphatic carbocycles. The smallest absolute Gasteiger partial charge is 0.265 e. The predicted molar refractivity (Wildman–Crippen MR) is 108 cm³/mol. The molecule has 5 rings (SSSR count). The average Bonchev–Trinajstić information content (AvgIpc) is 3.46. The quantitative estimate of drug-likeness (QED) is 0.352. The topological polar surface area (TPSA) is 130 Å². The van der Waals surface area contributed by atoms with Crippen LogP contribution in [0.15, 0.2) is 30.3 Å². The molecule has 31 heavy (non-hydrogen) atoms. The summed E-state index contributed by atoms with van der Waals surface area (Å²) in [6.07, 6.45) is 0.822. The number of amides is 1. The molecule has 0 saturated carbocycles. The van der Waals surface area contributed by atoms with Gasteiger partial charge in [-0.2, -0.15) is 4.68 Å². The molecule has 1 aromatic heterocycles. The molecule has 3 N–H and O–H groups in total. The number of hydrogen-bond donors (Lipinski definition) is 2. The molecular formula is C20H21N7O4. The summed E-state index contributed by atoms with van der Waals surface area (Å²) in [5.41, 5.74) is 5.21. The zero-order valence-corrected chi connectivity index (χ0v) is 17.0. The first kappa shape index (κ1) is 19.3. The van der Waals surface area contributed by atoms with E-state index in [0.717, 1.165) is 24.1 Å². The number of hydrogen-bond acceptors (Lipinski definition) is 9. The number of tetrazole rings is 1. The zero-order valence-electron chi connectivity index (χ0n) is 17.0. The molecule has 160 valence electrons. The van der Waals surface area contributed by atoms with Gasteiger partial charge in [0.05, 0.1) is 12.8 Å². The third-order valence-electron chi connectivity index (χ3n) is 5.62. The largest absolute Gasteiger partial charge is 0.492 e. The highest BCUT2D eigenvalue weighted by Gasteiger charge is 2.37. The summed E-state index contributed by atoms with van der Waals surface area (Å²) < 4.78 is 18.7. The third-order valence-corrected chi connectivity index (χ3v) is 5.62. The SMILES string of the molecule is COc1c2c(cc3c1C(c1nnnn1-c1cccc(C(=O)NN)c1)N(C)CC3)OCO2. The summed E-state index contributed by atoms with van der Waals surface area (Å²) in [5.74, 6) is 7.35. The minimum atomic E-state index is -0.397. The van der Waals surface area contributed by atoms with Crippen molar-refractivity contribution in [2.24, 2.45) is 5.84 Å². The second-order valence-electron chi connectivity index (χ2n) is 7.32. The standard InChI is InChI=1S/C20H21N7O4/c1-26-7-6-11-9-14-17(31-10-30-14)18(29-2)15(11)16(26)19-23-24-25-27(19)13-5-3-4-12(8-13)20(28)22-21/h3-5,8-9,16H,6-7,10,21H2,1-2H3,(H,22,28).